The van der Waals surface area contributed by atoms with Gasteiger partial charge in [-0.3, -0.25) is 0 Å². The van der Waals surface area contributed by atoms with Gasteiger partial charge in [-0.05, 0) is 31.2 Å². The summed E-state index contributed by atoms with van der Waals surface area (Å²) in [6, 6.07) is 7.83. The molecule has 0 fully saturated rings. The van der Waals surface area contributed by atoms with Gasteiger partial charge in [0.05, 0.1) is 4.34 Å². The Hall–Kier alpha value is -0.250. The highest BCUT2D eigenvalue weighted by Gasteiger charge is 2.15. The minimum atomic E-state index is 0.105. The zero-order valence-electron chi connectivity index (χ0n) is 7.46. The van der Waals surface area contributed by atoms with Crippen molar-refractivity contribution in [2.75, 3.05) is 0 Å². The average Bonchev–Trinajstić information content (AvgIpc) is 2.73. The highest BCUT2D eigenvalue weighted by molar-refractivity contribution is 9.09. The van der Waals surface area contributed by atoms with Crippen LogP contribution < -0.4 is 0 Å². The summed E-state index contributed by atoms with van der Waals surface area (Å²) in [6.45, 7) is 1.94. The molecule has 2 aromatic rings. The number of thiophene rings is 1. The summed E-state index contributed by atoms with van der Waals surface area (Å²) in [5.74, 6) is 1.84. The summed E-state index contributed by atoms with van der Waals surface area (Å²) < 4.78 is 6.32. The molecule has 0 amide bonds. The third kappa shape index (κ3) is 2.05. The number of hydrogen-bond donors (Lipinski definition) is 0. The minimum absolute atomic E-state index is 0.105. The Kier molecular flexibility index (Phi) is 3.00. The zero-order chi connectivity index (χ0) is 10.1. The first-order valence-corrected chi connectivity index (χ1v) is 6.23. The van der Waals surface area contributed by atoms with Crippen molar-refractivity contribution in [2.45, 2.75) is 11.8 Å². The molecule has 0 saturated heterocycles. The summed E-state index contributed by atoms with van der Waals surface area (Å²) in [4.78, 5) is 1.26. The minimum Gasteiger partial charge on any atom is -0.465 e. The number of furan rings is 1. The van der Waals surface area contributed by atoms with Crippen LogP contribution in [-0.4, -0.2) is 0 Å². The van der Waals surface area contributed by atoms with Gasteiger partial charge in [-0.1, -0.05) is 27.5 Å². The van der Waals surface area contributed by atoms with Gasteiger partial charge >= 0.3 is 0 Å². The molecule has 0 aliphatic rings. The fraction of sp³-hybridized carbons (Fsp3) is 0.200. The van der Waals surface area contributed by atoms with E-state index in [0.717, 1.165) is 20.7 Å². The fourth-order valence-corrected chi connectivity index (χ4v) is 2.92. The van der Waals surface area contributed by atoms with Crippen molar-refractivity contribution in [1.82, 2.24) is 0 Å². The largest absolute Gasteiger partial charge is 0.465 e. The van der Waals surface area contributed by atoms with Crippen LogP contribution in [0.5, 0.6) is 0 Å². The Labute approximate surface area is 99.8 Å². The van der Waals surface area contributed by atoms with Crippen molar-refractivity contribution in [2.24, 2.45) is 0 Å². The van der Waals surface area contributed by atoms with Gasteiger partial charge in [-0.2, -0.15) is 0 Å². The number of aryl methyl sites for hydroxylation is 1. The first-order valence-electron chi connectivity index (χ1n) is 4.12. The van der Waals surface area contributed by atoms with Gasteiger partial charge in [0.2, 0.25) is 0 Å². The van der Waals surface area contributed by atoms with Gasteiger partial charge < -0.3 is 4.42 Å². The number of hydrogen-bond acceptors (Lipinski definition) is 2. The van der Waals surface area contributed by atoms with Crippen LogP contribution in [0, 0.1) is 6.92 Å². The van der Waals surface area contributed by atoms with Crippen molar-refractivity contribution in [1.29, 1.82) is 0 Å². The van der Waals surface area contributed by atoms with E-state index in [2.05, 4.69) is 15.9 Å². The predicted octanol–water partition coefficient (Wildman–Crippen LogP) is 4.79. The highest BCUT2D eigenvalue weighted by Crippen LogP contribution is 2.37. The topological polar surface area (TPSA) is 13.1 Å². The molecule has 0 saturated carbocycles. The lowest BCUT2D eigenvalue weighted by atomic mass is 10.3. The SMILES string of the molecule is Cc1ccc(C(Br)c2ccc(Cl)s2)o1. The van der Waals surface area contributed by atoms with Crippen LogP contribution in [-0.2, 0) is 0 Å². The maximum absolute atomic E-state index is 5.86. The van der Waals surface area contributed by atoms with Crippen LogP contribution in [0.2, 0.25) is 4.34 Å². The summed E-state index contributed by atoms with van der Waals surface area (Å²) in [7, 11) is 0. The van der Waals surface area contributed by atoms with E-state index in [1.165, 1.54) is 0 Å². The second kappa shape index (κ2) is 4.09. The van der Waals surface area contributed by atoms with Gasteiger partial charge in [-0.15, -0.1) is 11.3 Å². The monoisotopic (exact) mass is 290 g/mol. The molecule has 74 valence electrons. The van der Waals surface area contributed by atoms with E-state index in [0.29, 0.717) is 0 Å². The summed E-state index contributed by atoms with van der Waals surface area (Å²) >= 11 is 11.0. The van der Waals surface area contributed by atoms with Crippen molar-refractivity contribution in [3.05, 3.63) is 45.0 Å². The van der Waals surface area contributed by atoms with Crippen molar-refractivity contribution >= 4 is 38.9 Å². The van der Waals surface area contributed by atoms with Crippen molar-refractivity contribution in [3.63, 3.8) is 0 Å². The molecule has 0 aromatic carbocycles. The lowest BCUT2D eigenvalue weighted by Crippen LogP contribution is -1.85. The molecule has 0 radical (unpaired) electrons. The molecule has 2 aromatic heterocycles. The predicted molar refractivity (Wildman–Crippen MR) is 63.5 cm³/mol. The molecular weight excluding hydrogens is 284 g/mol. The van der Waals surface area contributed by atoms with Crippen LogP contribution in [0.15, 0.2) is 28.7 Å². The molecule has 4 heteroatoms. The first kappa shape index (κ1) is 10.3. The van der Waals surface area contributed by atoms with E-state index in [-0.39, 0.29) is 4.83 Å². The maximum Gasteiger partial charge on any atom is 0.123 e. The van der Waals surface area contributed by atoms with E-state index in [9.17, 15) is 0 Å². The number of rotatable bonds is 2. The summed E-state index contributed by atoms with van der Waals surface area (Å²) in [5, 5.41) is 0. The Bertz CT molecular complexity index is 395. The molecule has 2 heterocycles. The Balaban J connectivity index is 2.28. The second-order valence-electron chi connectivity index (χ2n) is 2.95. The van der Waals surface area contributed by atoms with E-state index >= 15 is 0 Å². The maximum atomic E-state index is 5.86. The molecule has 14 heavy (non-hydrogen) atoms. The van der Waals surface area contributed by atoms with Gasteiger partial charge in [0.1, 0.15) is 16.3 Å². The Morgan fingerprint density at radius 1 is 1.36 bits per heavy atom. The van der Waals surface area contributed by atoms with Gasteiger partial charge in [0.25, 0.3) is 0 Å². The van der Waals surface area contributed by atoms with Crippen LogP contribution in [0.4, 0.5) is 0 Å². The van der Waals surface area contributed by atoms with E-state index in [1.54, 1.807) is 11.3 Å². The van der Waals surface area contributed by atoms with Crippen molar-refractivity contribution in [3.8, 4) is 0 Å². The number of halogens is 2. The smallest absolute Gasteiger partial charge is 0.123 e. The third-order valence-corrected chi connectivity index (χ3v) is 4.40. The molecule has 1 unspecified atom stereocenters. The molecule has 1 nitrogen and oxygen atoms in total. The lowest BCUT2D eigenvalue weighted by Gasteiger charge is -2.02. The molecule has 0 aliphatic heterocycles. The fourth-order valence-electron chi connectivity index (χ4n) is 1.19. The lowest BCUT2D eigenvalue weighted by molar-refractivity contribution is 0.493. The van der Waals surface area contributed by atoms with Gasteiger partial charge in [-0.25, -0.2) is 0 Å². The third-order valence-electron chi connectivity index (χ3n) is 1.85. The first-order chi connectivity index (χ1) is 6.66. The van der Waals surface area contributed by atoms with E-state index < -0.39 is 0 Å². The standard InChI is InChI=1S/C10H8BrClOS/c1-6-2-3-7(13-6)10(11)8-4-5-9(12)14-8/h2-5,10H,1H3. The molecule has 0 aliphatic carbocycles. The van der Waals surface area contributed by atoms with Crippen LogP contribution in [0.25, 0.3) is 0 Å². The quantitative estimate of drug-likeness (QED) is 0.725. The average molecular weight is 292 g/mol. The molecule has 0 bridgehead atoms. The van der Waals surface area contributed by atoms with Gasteiger partial charge in [0, 0.05) is 4.88 Å². The zero-order valence-corrected chi connectivity index (χ0v) is 10.6. The van der Waals surface area contributed by atoms with Crippen LogP contribution >= 0.6 is 38.9 Å². The summed E-state index contributed by atoms with van der Waals surface area (Å²) in [6.07, 6.45) is 0. The highest BCUT2D eigenvalue weighted by atomic mass is 79.9. The second-order valence-corrected chi connectivity index (χ2v) is 5.62. The molecule has 2 rings (SSSR count). The Morgan fingerprint density at radius 3 is 2.64 bits per heavy atom. The molecular formula is C10H8BrClOS. The van der Waals surface area contributed by atoms with Crippen LogP contribution in [0.1, 0.15) is 21.2 Å². The Morgan fingerprint density at radius 2 is 2.14 bits per heavy atom. The molecule has 0 N–H and O–H groups in total. The van der Waals surface area contributed by atoms with E-state index in [1.807, 2.05) is 31.2 Å². The van der Waals surface area contributed by atoms with Crippen LogP contribution in [0.3, 0.4) is 0 Å². The summed E-state index contributed by atoms with van der Waals surface area (Å²) in [5.41, 5.74) is 0. The molecule has 1 atom stereocenters. The van der Waals surface area contributed by atoms with Gasteiger partial charge in [0.15, 0.2) is 0 Å². The van der Waals surface area contributed by atoms with Crippen molar-refractivity contribution < 1.29 is 4.42 Å². The normalized spacial score (nSPS) is 13.1. The number of alkyl halides is 1. The van der Waals surface area contributed by atoms with E-state index in [4.69, 9.17) is 16.0 Å². The molecule has 0 spiro atoms.